The lowest BCUT2D eigenvalue weighted by Gasteiger charge is -2.20. The Labute approximate surface area is 97.4 Å². The van der Waals surface area contributed by atoms with Crippen molar-refractivity contribution in [2.24, 2.45) is 0 Å². The minimum atomic E-state index is -0.965. The average molecular weight is 249 g/mol. The van der Waals surface area contributed by atoms with Gasteiger partial charge in [0.25, 0.3) is 0 Å². The van der Waals surface area contributed by atoms with E-state index in [1.54, 1.807) is 0 Å². The molecule has 1 unspecified atom stereocenters. The first-order valence-electron chi connectivity index (χ1n) is 4.88. The second kappa shape index (κ2) is 6.07. The predicted octanol–water partition coefficient (Wildman–Crippen LogP) is -0.928. The SMILES string of the molecule is O=C(O)CSCC(=O)NCC1(O)CCOC1. The van der Waals surface area contributed by atoms with E-state index >= 15 is 0 Å². The average Bonchev–Trinajstić information content (AvgIpc) is 2.62. The number of hydrogen-bond acceptors (Lipinski definition) is 5. The maximum absolute atomic E-state index is 11.2. The van der Waals surface area contributed by atoms with Crippen LogP contribution in [-0.4, -0.2) is 59.0 Å². The van der Waals surface area contributed by atoms with Crippen molar-refractivity contribution in [3.05, 3.63) is 0 Å². The zero-order chi connectivity index (χ0) is 12.0. The number of thioether (sulfide) groups is 1. The van der Waals surface area contributed by atoms with E-state index in [0.29, 0.717) is 13.0 Å². The van der Waals surface area contributed by atoms with Crippen LogP contribution in [0.4, 0.5) is 0 Å². The molecule has 0 aliphatic carbocycles. The summed E-state index contributed by atoms with van der Waals surface area (Å²) in [6, 6.07) is 0. The molecule has 1 fully saturated rings. The Morgan fingerprint density at radius 2 is 2.19 bits per heavy atom. The lowest BCUT2D eigenvalue weighted by Crippen LogP contribution is -2.43. The molecule has 6 nitrogen and oxygen atoms in total. The molecule has 1 amide bonds. The summed E-state index contributed by atoms with van der Waals surface area (Å²) in [5.74, 6) is -1.23. The minimum absolute atomic E-state index is 0.0865. The lowest BCUT2D eigenvalue weighted by molar-refractivity contribution is -0.133. The van der Waals surface area contributed by atoms with Gasteiger partial charge in [0, 0.05) is 19.6 Å². The number of ether oxygens (including phenoxy) is 1. The molecule has 0 aromatic carbocycles. The highest BCUT2D eigenvalue weighted by Crippen LogP contribution is 2.16. The van der Waals surface area contributed by atoms with E-state index in [-0.39, 0.29) is 30.6 Å². The van der Waals surface area contributed by atoms with Crippen molar-refractivity contribution in [3.63, 3.8) is 0 Å². The van der Waals surface area contributed by atoms with E-state index in [0.717, 1.165) is 11.8 Å². The summed E-state index contributed by atoms with van der Waals surface area (Å²) in [6.07, 6.45) is 0.509. The van der Waals surface area contributed by atoms with Crippen molar-refractivity contribution >= 4 is 23.6 Å². The quantitative estimate of drug-likeness (QED) is 0.563. The molecule has 0 spiro atoms. The molecule has 1 heterocycles. The van der Waals surface area contributed by atoms with Gasteiger partial charge >= 0.3 is 5.97 Å². The van der Waals surface area contributed by atoms with Crippen LogP contribution in [0.15, 0.2) is 0 Å². The molecular weight excluding hydrogens is 234 g/mol. The number of nitrogens with one attached hydrogen (secondary N) is 1. The number of carboxylic acids is 1. The minimum Gasteiger partial charge on any atom is -0.481 e. The molecule has 0 bridgehead atoms. The molecule has 16 heavy (non-hydrogen) atoms. The van der Waals surface area contributed by atoms with Crippen molar-refractivity contribution in [1.82, 2.24) is 5.32 Å². The zero-order valence-corrected chi connectivity index (χ0v) is 9.59. The smallest absolute Gasteiger partial charge is 0.313 e. The van der Waals surface area contributed by atoms with Crippen LogP contribution in [0.5, 0.6) is 0 Å². The van der Waals surface area contributed by atoms with E-state index < -0.39 is 11.6 Å². The van der Waals surface area contributed by atoms with Gasteiger partial charge in [-0.25, -0.2) is 0 Å². The van der Waals surface area contributed by atoms with E-state index in [9.17, 15) is 14.7 Å². The number of rotatable bonds is 6. The Hall–Kier alpha value is -0.790. The number of aliphatic hydroxyl groups is 1. The first-order chi connectivity index (χ1) is 7.52. The van der Waals surface area contributed by atoms with E-state index in [1.807, 2.05) is 0 Å². The van der Waals surface area contributed by atoms with Gasteiger partial charge in [-0.3, -0.25) is 9.59 Å². The van der Waals surface area contributed by atoms with E-state index in [4.69, 9.17) is 9.84 Å². The maximum Gasteiger partial charge on any atom is 0.313 e. The molecular formula is C9H15NO5S. The Morgan fingerprint density at radius 3 is 2.75 bits per heavy atom. The van der Waals surface area contributed by atoms with Gasteiger partial charge in [-0.1, -0.05) is 0 Å². The van der Waals surface area contributed by atoms with Gasteiger partial charge in [0.1, 0.15) is 5.60 Å². The second-order valence-electron chi connectivity index (χ2n) is 3.69. The Morgan fingerprint density at radius 1 is 1.44 bits per heavy atom. The molecule has 92 valence electrons. The summed E-state index contributed by atoms with van der Waals surface area (Å²) in [4.78, 5) is 21.4. The number of hydrogen-bond donors (Lipinski definition) is 3. The van der Waals surface area contributed by atoms with Crippen LogP contribution in [-0.2, 0) is 14.3 Å². The van der Waals surface area contributed by atoms with Crippen LogP contribution in [0.2, 0.25) is 0 Å². The molecule has 0 aromatic rings. The molecule has 0 aromatic heterocycles. The highest BCUT2D eigenvalue weighted by Gasteiger charge is 2.32. The molecule has 0 radical (unpaired) electrons. The van der Waals surface area contributed by atoms with E-state index in [1.165, 1.54) is 0 Å². The number of carbonyl (C=O) groups is 2. The third-order valence-electron chi connectivity index (χ3n) is 2.16. The zero-order valence-electron chi connectivity index (χ0n) is 8.77. The number of aliphatic carboxylic acids is 1. The fraction of sp³-hybridized carbons (Fsp3) is 0.778. The molecule has 3 N–H and O–H groups in total. The summed E-state index contributed by atoms with van der Waals surface area (Å²) in [5, 5.41) is 20.7. The number of carbonyl (C=O) groups excluding carboxylic acids is 1. The highest BCUT2D eigenvalue weighted by atomic mass is 32.2. The molecule has 1 aliphatic heterocycles. The molecule has 1 aliphatic rings. The Balaban J connectivity index is 2.12. The van der Waals surface area contributed by atoms with Gasteiger partial charge in [-0.2, -0.15) is 0 Å². The monoisotopic (exact) mass is 249 g/mol. The fourth-order valence-corrected chi connectivity index (χ4v) is 1.85. The van der Waals surface area contributed by atoms with Gasteiger partial charge < -0.3 is 20.3 Å². The van der Waals surface area contributed by atoms with Crippen molar-refractivity contribution in [3.8, 4) is 0 Å². The standard InChI is InChI=1S/C9H15NO5S/c11-7(3-16-4-8(12)13)10-5-9(14)1-2-15-6-9/h14H,1-6H2,(H,10,11)(H,12,13). The van der Waals surface area contributed by atoms with Crippen LogP contribution in [0, 0.1) is 0 Å². The first-order valence-corrected chi connectivity index (χ1v) is 6.04. The third-order valence-corrected chi connectivity index (χ3v) is 3.07. The highest BCUT2D eigenvalue weighted by molar-refractivity contribution is 8.00. The van der Waals surface area contributed by atoms with Gasteiger partial charge in [-0.05, 0) is 0 Å². The van der Waals surface area contributed by atoms with Crippen molar-refractivity contribution < 1.29 is 24.5 Å². The van der Waals surface area contributed by atoms with Crippen molar-refractivity contribution in [2.75, 3.05) is 31.3 Å². The number of carboxylic acid groups (broad SMARTS) is 1. The molecule has 0 saturated carbocycles. The predicted molar refractivity (Wildman–Crippen MR) is 58.4 cm³/mol. The summed E-state index contributed by atoms with van der Waals surface area (Å²) < 4.78 is 5.02. The largest absolute Gasteiger partial charge is 0.481 e. The van der Waals surface area contributed by atoms with Crippen molar-refractivity contribution in [1.29, 1.82) is 0 Å². The van der Waals surface area contributed by atoms with Gasteiger partial charge in [0.2, 0.25) is 5.91 Å². The summed E-state index contributed by atoms with van der Waals surface area (Å²) in [7, 11) is 0. The Kier molecular flexibility index (Phi) is 5.04. The van der Waals surface area contributed by atoms with Crippen LogP contribution in [0.25, 0.3) is 0 Å². The van der Waals surface area contributed by atoms with E-state index in [2.05, 4.69) is 5.32 Å². The van der Waals surface area contributed by atoms with Crippen LogP contribution < -0.4 is 5.32 Å². The van der Waals surface area contributed by atoms with Gasteiger partial charge in [-0.15, -0.1) is 11.8 Å². The maximum atomic E-state index is 11.2. The van der Waals surface area contributed by atoms with Crippen LogP contribution in [0.3, 0.4) is 0 Å². The third kappa shape index (κ3) is 4.82. The molecule has 7 heteroatoms. The first kappa shape index (κ1) is 13.3. The summed E-state index contributed by atoms with van der Waals surface area (Å²) in [5.41, 5.74) is -0.965. The lowest BCUT2D eigenvalue weighted by atomic mass is 10.0. The second-order valence-corrected chi connectivity index (χ2v) is 4.68. The van der Waals surface area contributed by atoms with Gasteiger partial charge in [0.15, 0.2) is 0 Å². The molecule has 1 rings (SSSR count). The normalized spacial score (nSPS) is 24.3. The molecule has 1 atom stereocenters. The van der Waals surface area contributed by atoms with Crippen molar-refractivity contribution in [2.45, 2.75) is 12.0 Å². The van der Waals surface area contributed by atoms with Crippen LogP contribution in [0.1, 0.15) is 6.42 Å². The molecule has 1 saturated heterocycles. The topological polar surface area (TPSA) is 95.9 Å². The van der Waals surface area contributed by atoms with Gasteiger partial charge in [0.05, 0.1) is 18.1 Å². The Bertz CT molecular complexity index is 265. The number of amides is 1. The summed E-state index contributed by atoms with van der Waals surface area (Å²) >= 11 is 1.03. The fourth-order valence-electron chi connectivity index (χ4n) is 1.28. The summed E-state index contributed by atoms with van der Waals surface area (Å²) in [6.45, 7) is 0.884. The van der Waals surface area contributed by atoms with Crippen LogP contribution >= 0.6 is 11.8 Å².